The van der Waals surface area contributed by atoms with Crippen LogP contribution in [0.5, 0.6) is 0 Å². The van der Waals surface area contributed by atoms with Gasteiger partial charge in [-0.1, -0.05) is 33.6 Å². The summed E-state index contributed by atoms with van der Waals surface area (Å²) in [6.07, 6.45) is 5.54. The third-order valence-electron chi connectivity index (χ3n) is 4.02. The molecule has 2 heteroatoms. The Balaban J connectivity index is 2.53. The SMILES string of the molecule is CC1CCCC(N(C)C(CN)C(C)C)C1. The fourth-order valence-electron chi connectivity index (χ4n) is 2.95. The van der Waals surface area contributed by atoms with E-state index in [9.17, 15) is 0 Å². The quantitative estimate of drug-likeness (QED) is 0.776. The molecule has 1 aliphatic rings. The maximum Gasteiger partial charge on any atom is 0.0241 e. The average molecular weight is 212 g/mol. The Bertz CT molecular complexity index is 179. The molecule has 1 fully saturated rings. The Kier molecular flexibility index (Phi) is 5.07. The number of hydrogen-bond donors (Lipinski definition) is 1. The molecule has 3 atom stereocenters. The van der Waals surface area contributed by atoms with Crippen LogP contribution in [0.25, 0.3) is 0 Å². The van der Waals surface area contributed by atoms with E-state index in [0.717, 1.165) is 18.5 Å². The molecule has 2 N–H and O–H groups in total. The number of nitrogens with two attached hydrogens (primary N) is 1. The van der Waals surface area contributed by atoms with Gasteiger partial charge in [-0.05, 0) is 31.7 Å². The van der Waals surface area contributed by atoms with Gasteiger partial charge in [0.25, 0.3) is 0 Å². The third-order valence-corrected chi connectivity index (χ3v) is 4.02. The minimum Gasteiger partial charge on any atom is -0.329 e. The van der Waals surface area contributed by atoms with Crippen LogP contribution in [0.1, 0.15) is 46.5 Å². The fourth-order valence-corrected chi connectivity index (χ4v) is 2.95. The van der Waals surface area contributed by atoms with Gasteiger partial charge in [0, 0.05) is 18.6 Å². The van der Waals surface area contributed by atoms with Gasteiger partial charge in [0.05, 0.1) is 0 Å². The second-order valence-corrected chi connectivity index (χ2v) is 5.64. The molecule has 0 aromatic carbocycles. The van der Waals surface area contributed by atoms with Crippen LogP contribution in [-0.2, 0) is 0 Å². The largest absolute Gasteiger partial charge is 0.329 e. The van der Waals surface area contributed by atoms with E-state index in [1.807, 2.05) is 0 Å². The molecule has 1 rings (SSSR count). The van der Waals surface area contributed by atoms with Crippen molar-refractivity contribution in [3.05, 3.63) is 0 Å². The van der Waals surface area contributed by atoms with Crippen LogP contribution >= 0.6 is 0 Å². The van der Waals surface area contributed by atoms with Gasteiger partial charge in [-0.3, -0.25) is 4.90 Å². The number of hydrogen-bond acceptors (Lipinski definition) is 2. The molecule has 1 saturated carbocycles. The van der Waals surface area contributed by atoms with Crippen molar-refractivity contribution in [2.75, 3.05) is 13.6 Å². The molecular weight excluding hydrogens is 184 g/mol. The lowest BCUT2D eigenvalue weighted by Crippen LogP contribution is -2.48. The smallest absolute Gasteiger partial charge is 0.0241 e. The molecule has 0 radical (unpaired) electrons. The van der Waals surface area contributed by atoms with E-state index in [4.69, 9.17) is 5.73 Å². The number of nitrogens with zero attached hydrogens (tertiary/aromatic N) is 1. The molecule has 2 nitrogen and oxygen atoms in total. The molecule has 0 aromatic rings. The Labute approximate surface area is 95.2 Å². The summed E-state index contributed by atoms with van der Waals surface area (Å²) in [5.41, 5.74) is 5.87. The first-order valence-electron chi connectivity index (χ1n) is 6.48. The molecule has 0 amide bonds. The van der Waals surface area contributed by atoms with E-state index in [0.29, 0.717) is 12.0 Å². The van der Waals surface area contributed by atoms with Crippen molar-refractivity contribution in [1.29, 1.82) is 0 Å². The van der Waals surface area contributed by atoms with Crippen molar-refractivity contribution in [1.82, 2.24) is 4.90 Å². The van der Waals surface area contributed by atoms with Crippen LogP contribution in [0.15, 0.2) is 0 Å². The first-order valence-corrected chi connectivity index (χ1v) is 6.48. The van der Waals surface area contributed by atoms with Crippen LogP contribution in [-0.4, -0.2) is 30.6 Å². The normalized spacial score (nSPS) is 29.8. The fraction of sp³-hybridized carbons (Fsp3) is 1.00. The van der Waals surface area contributed by atoms with Crippen molar-refractivity contribution in [3.8, 4) is 0 Å². The molecule has 0 aliphatic heterocycles. The van der Waals surface area contributed by atoms with E-state index in [1.165, 1.54) is 25.7 Å². The zero-order valence-corrected chi connectivity index (χ0v) is 10.9. The first-order chi connectivity index (χ1) is 7.06. The topological polar surface area (TPSA) is 29.3 Å². The van der Waals surface area contributed by atoms with Crippen molar-refractivity contribution in [2.24, 2.45) is 17.6 Å². The molecule has 1 aliphatic carbocycles. The van der Waals surface area contributed by atoms with Crippen molar-refractivity contribution >= 4 is 0 Å². The van der Waals surface area contributed by atoms with E-state index >= 15 is 0 Å². The van der Waals surface area contributed by atoms with Crippen LogP contribution in [0.3, 0.4) is 0 Å². The van der Waals surface area contributed by atoms with Crippen LogP contribution in [0.2, 0.25) is 0 Å². The van der Waals surface area contributed by atoms with Crippen LogP contribution < -0.4 is 5.73 Å². The third kappa shape index (κ3) is 3.46. The van der Waals surface area contributed by atoms with Gasteiger partial charge in [-0.25, -0.2) is 0 Å². The van der Waals surface area contributed by atoms with E-state index < -0.39 is 0 Å². The molecule has 0 saturated heterocycles. The maximum atomic E-state index is 5.87. The monoisotopic (exact) mass is 212 g/mol. The molecular formula is C13H28N2. The average Bonchev–Trinajstić information content (AvgIpc) is 2.18. The lowest BCUT2D eigenvalue weighted by molar-refractivity contribution is 0.0971. The minimum atomic E-state index is 0.556. The highest BCUT2D eigenvalue weighted by Crippen LogP contribution is 2.28. The summed E-state index contributed by atoms with van der Waals surface area (Å²) in [7, 11) is 2.26. The molecule has 90 valence electrons. The van der Waals surface area contributed by atoms with E-state index in [-0.39, 0.29) is 0 Å². The minimum absolute atomic E-state index is 0.556. The van der Waals surface area contributed by atoms with Crippen molar-refractivity contribution in [2.45, 2.75) is 58.5 Å². The number of likely N-dealkylation sites (N-methyl/N-ethyl adjacent to an activating group) is 1. The zero-order chi connectivity index (χ0) is 11.4. The van der Waals surface area contributed by atoms with Gasteiger partial charge < -0.3 is 5.73 Å². The Morgan fingerprint density at radius 2 is 2.00 bits per heavy atom. The van der Waals surface area contributed by atoms with Gasteiger partial charge in [0.15, 0.2) is 0 Å². The molecule has 0 bridgehead atoms. The predicted octanol–water partition coefficient (Wildman–Crippen LogP) is 2.48. The molecule has 0 aromatic heterocycles. The van der Waals surface area contributed by atoms with Crippen LogP contribution in [0, 0.1) is 11.8 Å². The Morgan fingerprint density at radius 1 is 1.33 bits per heavy atom. The molecule has 0 spiro atoms. The maximum absolute atomic E-state index is 5.87. The van der Waals surface area contributed by atoms with Crippen molar-refractivity contribution in [3.63, 3.8) is 0 Å². The summed E-state index contributed by atoms with van der Waals surface area (Å²) in [5, 5.41) is 0. The predicted molar refractivity (Wildman–Crippen MR) is 66.9 cm³/mol. The summed E-state index contributed by atoms with van der Waals surface area (Å²) in [4.78, 5) is 2.54. The summed E-state index contributed by atoms with van der Waals surface area (Å²) in [6, 6.07) is 1.32. The summed E-state index contributed by atoms with van der Waals surface area (Å²) >= 11 is 0. The number of rotatable bonds is 4. The summed E-state index contributed by atoms with van der Waals surface area (Å²) < 4.78 is 0. The van der Waals surface area contributed by atoms with Gasteiger partial charge in [-0.2, -0.15) is 0 Å². The highest BCUT2D eigenvalue weighted by atomic mass is 15.2. The summed E-state index contributed by atoms with van der Waals surface area (Å²) in [5.74, 6) is 1.56. The van der Waals surface area contributed by atoms with E-state index in [1.54, 1.807) is 0 Å². The lowest BCUT2D eigenvalue weighted by Gasteiger charge is -2.40. The second kappa shape index (κ2) is 5.86. The van der Waals surface area contributed by atoms with E-state index in [2.05, 4.69) is 32.7 Å². The highest BCUT2D eigenvalue weighted by molar-refractivity contribution is 4.83. The Hall–Kier alpha value is -0.0800. The second-order valence-electron chi connectivity index (χ2n) is 5.64. The lowest BCUT2D eigenvalue weighted by atomic mass is 9.85. The van der Waals surface area contributed by atoms with Crippen LogP contribution in [0.4, 0.5) is 0 Å². The van der Waals surface area contributed by atoms with Gasteiger partial charge in [0.2, 0.25) is 0 Å². The van der Waals surface area contributed by atoms with Gasteiger partial charge >= 0.3 is 0 Å². The summed E-state index contributed by atoms with van der Waals surface area (Å²) in [6.45, 7) is 7.73. The molecule has 0 heterocycles. The zero-order valence-electron chi connectivity index (χ0n) is 10.9. The standard InChI is InChI=1S/C13H28N2/c1-10(2)13(9-14)15(4)12-7-5-6-11(3)8-12/h10-13H,5-9,14H2,1-4H3. The van der Waals surface area contributed by atoms with Gasteiger partial charge in [-0.15, -0.1) is 0 Å². The van der Waals surface area contributed by atoms with Gasteiger partial charge in [0.1, 0.15) is 0 Å². The first kappa shape index (κ1) is 13.0. The molecule has 3 unspecified atom stereocenters. The van der Waals surface area contributed by atoms with Crippen molar-refractivity contribution < 1.29 is 0 Å². The highest BCUT2D eigenvalue weighted by Gasteiger charge is 2.27. The Morgan fingerprint density at radius 3 is 2.47 bits per heavy atom. The molecule has 15 heavy (non-hydrogen) atoms.